The third-order valence-corrected chi connectivity index (χ3v) is 6.03. The molecule has 2 aromatic rings. The molecule has 0 fully saturated rings. The number of fused-ring (bicyclic) bond motifs is 3. The summed E-state index contributed by atoms with van der Waals surface area (Å²) in [6.45, 7) is 9.16. The van der Waals surface area contributed by atoms with Gasteiger partial charge in [0.25, 0.3) is 5.91 Å². The third-order valence-electron chi connectivity index (χ3n) is 6.03. The summed E-state index contributed by atoms with van der Waals surface area (Å²) in [6.07, 6.45) is 5.70. The van der Waals surface area contributed by atoms with Gasteiger partial charge < -0.3 is 10.6 Å². The molecule has 27 heavy (non-hydrogen) atoms. The molecule has 0 spiro atoms. The SMILES string of the molecule is CCNC(=O)c1cccc2c1NC(c1c(C)cc(C)cc1C)C1CC=CC21. The second-order valence-corrected chi connectivity index (χ2v) is 7.92. The topological polar surface area (TPSA) is 41.1 Å². The lowest BCUT2D eigenvalue weighted by Gasteiger charge is -2.39. The van der Waals surface area contributed by atoms with Crippen LogP contribution in [0.3, 0.4) is 0 Å². The van der Waals surface area contributed by atoms with Crippen LogP contribution in [-0.4, -0.2) is 12.5 Å². The van der Waals surface area contributed by atoms with E-state index in [-0.39, 0.29) is 11.9 Å². The van der Waals surface area contributed by atoms with Crippen LogP contribution >= 0.6 is 0 Å². The van der Waals surface area contributed by atoms with Gasteiger partial charge in [0.1, 0.15) is 0 Å². The van der Waals surface area contributed by atoms with Gasteiger partial charge in [-0.1, -0.05) is 42.0 Å². The number of amides is 1. The minimum Gasteiger partial charge on any atom is -0.377 e. The fourth-order valence-corrected chi connectivity index (χ4v) is 5.03. The van der Waals surface area contributed by atoms with Gasteiger partial charge >= 0.3 is 0 Å². The monoisotopic (exact) mass is 360 g/mol. The predicted octanol–water partition coefficient (Wildman–Crippen LogP) is 5.19. The Labute approximate surface area is 161 Å². The van der Waals surface area contributed by atoms with Gasteiger partial charge in [-0.05, 0) is 68.4 Å². The van der Waals surface area contributed by atoms with Gasteiger partial charge in [0.05, 0.1) is 17.3 Å². The highest BCUT2D eigenvalue weighted by molar-refractivity contribution is 6.00. The van der Waals surface area contributed by atoms with Crippen LogP contribution in [0.1, 0.15) is 63.5 Å². The van der Waals surface area contributed by atoms with Gasteiger partial charge in [-0.2, -0.15) is 0 Å². The molecule has 1 aliphatic carbocycles. The Bertz CT molecular complexity index is 905. The van der Waals surface area contributed by atoms with Crippen LogP contribution in [-0.2, 0) is 0 Å². The number of hydrogen-bond acceptors (Lipinski definition) is 2. The minimum atomic E-state index is -0.00150. The van der Waals surface area contributed by atoms with Crippen LogP contribution in [0.2, 0.25) is 0 Å². The zero-order chi connectivity index (χ0) is 19.1. The highest BCUT2D eigenvalue weighted by Gasteiger charge is 2.40. The zero-order valence-electron chi connectivity index (χ0n) is 16.6. The molecule has 0 bridgehead atoms. The molecule has 1 amide bonds. The number of benzene rings is 2. The van der Waals surface area contributed by atoms with E-state index in [9.17, 15) is 4.79 Å². The van der Waals surface area contributed by atoms with Crippen molar-refractivity contribution in [1.82, 2.24) is 5.32 Å². The maximum absolute atomic E-state index is 12.7. The second kappa shape index (κ2) is 6.88. The van der Waals surface area contributed by atoms with E-state index in [1.54, 1.807) is 0 Å². The van der Waals surface area contributed by atoms with Gasteiger partial charge in [-0.15, -0.1) is 0 Å². The molecule has 0 saturated carbocycles. The molecule has 0 saturated heterocycles. The Morgan fingerprint density at radius 3 is 2.63 bits per heavy atom. The molecule has 3 nitrogen and oxygen atoms in total. The summed E-state index contributed by atoms with van der Waals surface area (Å²) >= 11 is 0. The van der Waals surface area contributed by atoms with E-state index in [4.69, 9.17) is 0 Å². The Balaban J connectivity index is 1.85. The van der Waals surface area contributed by atoms with Crippen LogP contribution < -0.4 is 10.6 Å². The molecular formula is C24H28N2O. The highest BCUT2D eigenvalue weighted by atomic mass is 16.1. The van der Waals surface area contributed by atoms with Crippen LogP contribution in [0.15, 0.2) is 42.5 Å². The Hall–Kier alpha value is -2.55. The summed E-state index contributed by atoms with van der Waals surface area (Å²) in [4.78, 5) is 12.7. The predicted molar refractivity (Wildman–Crippen MR) is 111 cm³/mol. The number of allylic oxidation sites excluding steroid dienone is 2. The maximum atomic E-state index is 12.7. The van der Waals surface area contributed by atoms with Crippen LogP contribution in [0.4, 0.5) is 5.69 Å². The molecule has 0 radical (unpaired) electrons. The molecule has 140 valence electrons. The number of rotatable bonds is 3. The first-order chi connectivity index (χ1) is 13.0. The van der Waals surface area contributed by atoms with Crippen LogP contribution in [0, 0.1) is 26.7 Å². The van der Waals surface area contributed by atoms with Crippen molar-refractivity contribution in [3.8, 4) is 0 Å². The highest BCUT2D eigenvalue weighted by Crippen LogP contribution is 2.51. The third kappa shape index (κ3) is 2.95. The summed E-state index contributed by atoms with van der Waals surface area (Å²) in [5.74, 6) is 0.848. The van der Waals surface area contributed by atoms with Crippen molar-refractivity contribution in [3.63, 3.8) is 0 Å². The lowest BCUT2D eigenvalue weighted by atomic mass is 9.74. The zero-order valence-corrected chi connectivity index (χ0v) is 16.6. The molecule has 0 aromatic heterocycles. The maximum Gasteiger partial charge on any atom is 0.253 e. The first-order valence-corrected chi connectivity index (χ1v) is 9.93. The summed E-state index contributed by atoms with van der Waals surface area (Å²) in [6, 6.07) is 10.9. The van der Waals surface area contributed by atoms with E-state index in [0.29, 0.717) is 18.4 Å². The lowest BCUT2D eigenvalue weighted by Crippen LogP contribution is -2.33. The van der Waals surface area contributed by atoms with E-state index < -0.39 is 0 Å². The smallest absolute Gasteiger partial charge is 0.253 e. The number of para-hydroxylation sites is 1. The van der Waals surface area contributed by atoms with Crippen molar-refractivity contribution >= 4 is 11.6 Å². The van der Waals surface area contributed by atoms with Crippen LogP contribution in [0.25, 0.3) is 0 Å². The molecule has 1 aliphatic heterocycles. The van der Waals surface area contributed by atoms with E-state index in [0.717, 1.165) is 17.7 Å². The van der Waals surface area contributed by atoms with Gasteiger partial charge in [0.2, 0.25) is 0 Å². The Morgan fingerprint density at radius 1 is 1.19 bits per heavy atom. The summed E-state index contributed by atoms with van der Waals surface area (Å²) < 4.78 is 0. The Morgan fingerprint density at radius 2 is 1.93 bits per heavy atom. The van der Waals surface area contributed by atoms with Crippen molar-refractivity contribution in [1.29, 1.82) is 0 Å². The molecule has 3 atom stereocenters. The molecular weight excluding hydrogens is 332 g/mol. The number of aryl methyl sites for hydroxylation is 3. The molecule has 3 heteroatoms. The fourth-order valence-electron chi connectivity index (χ4n) is 5.03. The van der Waals surface area contributed by atoms with Crippen molar-refractivity contribution in [2.24, 2.45) is 5.92 Å². The Kier molecular flexibility index (Phi) is 4.55. The number of carbonyl (C=O) groups excluding carboxylic acids is 1. The molecule has 2 aromatic carbocycles. The van der Waals surface area contributed by atoms with Gasteiger partial charge in [-0.25, -0.2) is 0 Å². The quantitative estimate of drug-likeness (QED) is 0.740. The average molecular weight is 361 g/mol. The first-order valence-electron chi connectivity index (χ1n) is 9.93. The first kappa shape index (κ1) is 17.8. The fraction of sp³-hybridized carbons (Fsp3) is 0.375. The number of nitrogens with one attached hydrogen (secondary N) is 2. The number of anilines is 1. The second-order valence-electron chi connectivity index (χ2n) is 7.92. The average Bonchev–Trinajstić information content (AvgIpc) is 3.11. The molecule has 2 N–H and O–H groups in total. The van der Waals surface area contributed by atoms with E-state index in [2.05, 4.69) is 61.8 Å². The van der Waals surface area contributed by atoms with E-state index in [1.165, 1.54) is 27.8 Å². The molecule has 2 aliphatic rings. The van der Waals surface area contributed by atoms with Crippen molar-refractivity contribution in [2.45, 2.75) is 46.1 Å². The summed E-state index contributed by atoms with van der Waals surface area (Å²) in [7, 11) is 0. The van der Waals surface area contributed by atoms with E-state index in [1.807, 2.05) is 19.1 Å². The van der Waals surface area contributed by atoms with Crippen molar-refractivity contribution in [2.75, 3.05) is 11.9 Å². The van der Waals surface area contributed by atoms with E-state index >= 15 is 0 Å². The normalized spacial score (nSPS) is 22.7. The van der Waals surface area contributed by atoms with Gasteiger partial charge in [-0.3, -0.25) is 4.79 Å². The van der Waals surface area contributed by atoms with Gasteiger partial charge in [0.15, 0.2) is 0 Å². The van der Waals surface area contributed by atoms with Crippen molar-refractivity contribution < 1.29 is 4.79 Å². The number of carbonyl (C=O) groups is 1. The largest absolute Gasteiger partial charge is 0.377 e. The summed E-state index contributed by atoms with van der Waals surface area (Å²) in [5, 5.41) is 6.75. The molecule has 3 unspecified atom stereocenters. The number of hydrogen-bond donors (Lipinski definition) is 2. The lowest BCUT2D eigenvalue weighted by molar-refractivity contribution is 0.0956. The molecule has 1 heterocycles. The van der Waals surface area contributed by atoms with Gasteiger partial charge in [0, 0.05) is 12.5 Å². The molecule has 4 rings (SSSR count). The summed E-state index contributed by atoms with van der Waals surface area (Å²) in [5.41, 5.74) is 8.34. The van der Waals surface area contributed by atoms with Crippen molar-refractivity contribution in [3.05, 3.63) is 75.9 Å². The standard InChI is InChI=1S/C24H28N2O/c1-5-25-24(27)20-11-7-9-18-17-8-6-10-19(17)23(26-22(18)20)21-15(3)12-14(2)13-16(21)4/h6-9,11-13,17,19,23,26H,5,10H2,1-4H3,(H,25,27). The minimum absolute atomic E-state index is 0.00150. The van der Waals surface area contributed by atoms with Crippen LogP contribution in [0.5, 0.6) is 0 Å².